The van der Waals surface area contributed by atoms with Crippen molar-refractivity contribution in [2.45, 2.75) is 0 Å². The van der Waals surface area contributed by atoms with Crippen LogP contribution in [0.4, 0.5) is 0 Å². The molecule has 0 radical (unpaired) electrons. The molecule has 2 heteroatoms. The van der Waals surface area contributed by atoms with E-state index >= 15 is 0 Å². The van der Waals surface area contributed by atoms with Crippen LogP contribution >= 0.6 is 11.3 Å². The second kappa shape index (κ2) is 8.29. The zero-order valence-electron chi connectivity index (χ0n) is 21.5. The lowest BCUT2D eigenvalue weighted by Crippen LogP contribution is -1.84. The highest BCUT2D eigenvalue weighted by Gasteiger charge is 2.20. The zero-order valence-corrected chi connectivity index (χ0v) is 22.3. The normalized spacial score (nSPS) is 12.0. The van der Waals surface area contributed by atoms with E-state index in [2.05, 4.69) is 133 Å². The molecule has 0 N–H and O–H groups in total. The Kier molecular flexibility index (Phi) is 4.55. The van der Waals surface area contributed by atoms with Gasteiger partial charge in [0.2, 0.25) is 0 Å². The number of furan rings is 1. The van der Waals surface area contributed by atoms with Crippen LogP contribution in [0.3, 0.4) is 0 Å². The van der Waals surface area contributed by atoms with Gasteiger partial charge >= 0.3 is 0 Å². The molecule has 0 unspecified atom stereocenters. The lowest BCUT2D eigenvalue weighted by Gasteiger charge is -2.10. The van der Waals surface area contributed by atoms with Crippen LogP contribution < -0.4 is 0 Å². The first-order valence-electron chi connectivity index (χ1n) is 13.6. The summed E-state index contributed by atoms with van der Waals surface area (Å²) in [6.07, 6.45) is 0. The smallest absolute Gasteiger partial charge is 0.143 e. The fourth-order valence-electron chi connectivity index (χ4n) is 6.38. The third-order valence-electron chi connectivity index (χ3n) is 8.25. The predicted octanol–water partition coefficient (Wildman–Crippen LogP) is 11.6. The van der Waals surface area contributed by atoms with Crippen LogP contribution in [-0.4, -0.2) is 0 Å². The summed E-state index contributed by atoms with van der Waals surface area (Å²) in [6, 6.07) is 48.1. The minimum atomic E-state index is 0.933. The molecule has 0 saturated heterocycles. The molecular formula is C38H22OS. The van der Waals surface area contributed by atoms with Gasteiger partial charge in [-0.1, -0.05) is 103 Å². The molecule has 40 heavy (non-hydrogen) atoms. The van der Waals surface area contributed by atoms with E-state index in [0.717, 1.165) is 16.6 Å². The molecule has 2 heterocycles. The summed E-state index contributed by atoms with van der Waals surface area (Å²) in [5.41, 5.74) is 6.83. The summed E-state index contributed by atoms with van der Waals surface area (Å²) in [6.45, 7) is 0. The van der Waals surface area contributed by atoms with Gasteiger partial charge in [-0.2, -0.15) is 0 Å². The van der Waals surface area contributed by atoms with Crippen molar-refractivity contribution in [1.29, 1.82) is 0 Å². The molecule has 0 atom stereocenters. The van der Waals surface area contributed by atoms with Crippen LogP contribution in [0.5, 0.6) is 0 Å². The van der Waals surface area contributed by atoms with Crippen molar-refractivity contribution in [3.8, 4) is 22.3 Å². The van der Waals surface area contributed by atoms with Crippen LogP contribution in [0.2, 0.25) is 0 Å². The molecule has 1 nitrogen and oxygen atoms in total. The molecule has 9 rings (SSSR count). The number of rotatable bonds is 2. The first-order valence-corrected chi connectivity index (χ1v) is 14.4. The van der Waals surface area contributed by atoms with E-state index in [1.807, 2.05) is 11.3 Å². The van der Waals surface area contributed by atoms with E-state index in [1.165, 1.54) is 69.4 Å². The van der Waals surface area contributed by atoms with Gasteiger partial charge in [0.05, 0.1) is 0 Å². The maximum absolute atomic E-state index is 6.62. The second-order valence-electron chi connectivity index (χ2n) is 10.5. The van der Waals surface area contributed by atoms with Gasteiger partial charge in [0.1, 0.15) is 11.2 Å². The van der Waals surface area contributed by atoms with E-state index in [4.69, 9.17) is 4.42 Å². The number of benzene rings is 7. The lowest BCUT2D eigenvalue weighted by atomic mass is 9.93. The van der Waals surface area contributed by atoms with E-state index in [1.54, 1.807) is 0 Å². The molecule has 7 aromatic carbocycles. The lowest BCUT2D eigenvalue weighted by molar-refractivity contribution is 0.673. The van der Waals surface area contributed by atoms with Gasteiger partial charge in [0, 0.05) is 41.7 Å². The van der Waals surface area contributed by atoms with E-state index in [9.17, 15) is 0 Å². The van der Waals surface area contributed by atoms with Gasteiger partial charge in [-0.15, -0.1) is 11.3 Å². The summed E-state index contributed by atoms with van der Waals surface area (Å²) in [4.78, 5) is 0. The fourth-order valence-corrected chi connectivity index (χ4v) is 7.62. The molecule has 0 spiro atoms. The first kappa shape index (κ1) is 22.0. The average molecular weight is 527 g/mol. The van der Waals surface area contributed by atoms with Gasteiger partial charge in [-0.05, 0) is 63.4 Å². The van der Waals surface area contributed by atoms with Gasteiger partial charge in [-0.25, -0.2) is 0 Å². The minimum Gasteiger partial charge on any atom is -0.455 e. The Morgan fingerprint density at radius 3 is 1.80 bits per heavy atom. The van der Waals surface area contributed by atoms with Crippen LogP contribution in [0.1, 0.15) is 0 Å². The van der Waals surface area contributed by atoms with Crippen LogP contribution in [0, 0.1) is 0 Å². The van der Waals surface area contributed by atoms with Gasteiger partial charge in [0.25, 0.3) is 0 Å². The highest BCUT2D eigenvalue weighted by Crippen LogP contribution is 2.48. The molecular weight excluding hydrogens is 504 g/mol. The second-order valence-corrected chi connectivity index (χ2v) is 11.5. The van der Waals surface area contributed by atoms with Crippen molar-refractivity contribution < 1.29 is 4.42 Å². The summed E-state index contributed by atoms with van der Waals surface area (Å²) in [5, 5.41) is 9.94. The zero-order chi connectivity index (χ0) is 26.2. The number of para-hydroxylation sites is 1. The van der Waals surface area contributed by atoms with Crippen molar-refractivity contribution in [1.82, 2.24) is 0 Å². The third-order valence-corrected chi connectivity index (χ3v) is 9.46. The molecule has 9 aromatic rings. The molecule has 0 aliphatic carbocycles. The van der Waals surface area contributed by atoms with E-state index in [0.29, 0.717) is 0 Å². The summed E-state index contributed by atoms with van der Waals surface area (Å²) < 4.78 is 9.25. The predicted molar refractivity (Wildman–Crippen MR) is 172 cm³/mol. The molecule has 0 amide bonds. The summed E-state index contributed by atoms with van der Waals surface area (Å²) >= 11 is 1.89. The Balaban J connectivity index is 1.45. The number of thiophene rings is 1. The van der Waals surface area contributed by atoms with Crippen molar-refractivity contribution >= 4 is 75.0 Å². The Morgan fingerprint density at radius 1 is 0.400 bits per heavy atom. The number of hydrogen-bond acceptors (Lipinski definition) is 2. The van der Waals surface area contributed by atoms with Crippen LogP contribution in [-0.2, 0) is 0 Å². The average Bonchev–Trinajstić information content (AvgIpc) is 3.60. The molecule has 0 aliphatic heterocycles. The summed E-state index contributed by atoms with van der Waals surface area (Å²) in [5.74, 6) is 0. The Hall–Kier alpha value is -4.92. The summed E-state index contributed by atoms with van der Waals surface area (Å²) in [7, 11) is 0. The molecule has 0 bridgehead atoms. The van der Waals surface area contributed by atoms with Crippen molar-refractivity contribution in [3.63, 3.8) is 0 Å². The van der Waals surface area contributed by atoms with Gasteiger partial charge < -0.3 is 4.42 Å². The SMILES string of the molecule is c1ccc(-c2ccc3sc4c(ccc5c6cc(-c7ccccc7)ccc6c6oc7ccccc7c6c54)c3c2)cc1. The van der Waals surface area contributed by atoms with Crippen molar-refractivity contribution in [2.75, 3.05) is 0 Å². The first-order chi connectivity index (χ1) is 19.8. The number of hydrogen-bond donors (Lipinski definition) is 0. The quantitative estimate of drug-likeness (QED) is 0.204. The molecule has 2 aromatic heterocycles. The third kappa shape index (κ3) is 3.08. The Labute approximate surface area is 234 Å². The minimum absolute atomic E-state index is 0.933. The topological polar surface area (TPSA) is 13.1 Å². The fraction of sp³-hybridized carbons (Fsp3) is 0. The highest BCUT2D eigenvalue weighted by atomic mass is 32.1. The Bertz CT molecular complexity index is 2410. The van der Waals surface area contributed by atoms with Crippen molar-refractivity contribution in [3.05, 3.63) is 133 Å². The molecule has 0 saturated carbocycles. The van der Waals surface area contributed by atoms with Crippen LogP contribution in [0.25, 0.3) is 85.9 Å². The highest BCUT2D eigenvalue weighted by molar-refractivity contribution is 7.26. The largest absolute Gasteiger partial charge is 0.455 e. The monoisotopic (exact) mass is 526 g/mol. The van der Waals surface area contributed by atoms with Gasteiger partial charge in [-0.3, -0.25) is 0 Å². The maximum atomic E-state index is 6.62. The van der Waals surface area contributed by atoms with Gasteiger partial charge in [0.15, 0.2) is 0 Å². The maximum Gasteiger partial charge on any atom is 0.143 e. The standard InChI is InChI=1S/C38H22OS/c1-3-9-23(10-4-1)25-15-17-28-31(21-25)27-18-19-29-32-22-26(24-11-5-2-6-12-24)16-20-34(32)40-38(29)36(27)35-30-13-7-8-14-33(30)39-37(28)35/h1-22H. The number of fused-ring (bicyclic) bond motifs is 12. The van der Waals surface area contributed by atoms with E-state index in [-0.39, 0.29) is 0 Å². The van der Waals surface area contributed by atoms with Crippen molar-refractivity contribution in [2.24, 2.45) is 0 Å². The molecule has 0 fully saturated rings. The van der Waals surface area contributed by atoms with Crippen LogP contribution in [0.15, 0.2) is 138 Å². The molecule has 186 valence electrons. The van der Waals surface area contributed by atoms with E-state index < -0.39 is 0 Å². The Morgan fingerprint density at radius 2 is 1.02 bits per heavy atom. The molecule has 0 aliphatic rings.